The third-order valence-electron chi connectivity index (χ3n) is 4.50. The molecule has 7 nitrogen and oxygen atoms in total. The summed E-state index contributed by atoms with van der Waals surface area (Å²) in [7, 11) is 1.60. The molecule has 1 aliphatic heterocycles. The van der Waals surface area contributed by atoms with E-state index in [-0.39, 0.29) is 30.2 Å². The van der Waals surface area contributed by atoms with Crippen LogP contribution in [0, 0.1) is 5.92 Å². The van der Waals surface area contributed by atoms with Gasteiger partial charge < -0.3 is 15.0 Å². The molecule has 0 saturated carbocycles. The number of carbonyl (C=O) groups excluding carboxylic acids is 2. The molecule has 1 N–H and O–H groups in total. The molecular weight excluding hydrogens is 396 g/mol. The summed E-state index contributed by atoms with van der Waals surface area (Å²) in [6, 6.07) is 10.2. The maximum Gasteiger partial charge on any atom is 0.231 e. The van der Waals surface area contributed by atoms with E-state index in [0.29, 0.717) is 18.3 Å². The van der Waals surface area contributed by atoms with E-state index in [1.807, 2.05) is 25.1 Å². The van der Waals surface area contributed by atoms with E-state index in [9.17, 15) is 9.59 Å². The molecular formula is C19H24N4O3S2. The number of benzene rings is 1. The van der Waals surface area contributed by atoms with Gasteiger partial charge in [-0.15, -0.1) is 22.0 Å². The SMILES string of the molecule is COC[C@H](C)N1C[C@@H](C(=O)Nc2nnc(CSCc3ccccc3)s2)CC1=O. The van der Waals surface area contributed by atoms with E-state index in [2.05, 4.69) is 27.6 Å². The molecule has 9 heteroatoms. The van der Waals surface area contributed by atoms with Gasteiger partial charge in [-0.2, -0.15) is 0 Å². The maximum absolute atomic E-state index is 12.5. The molecule has 3 rings (SSSR count). The standard InChI is InChI=1S/C19H24N4O3S2/c1-13(10-26-2)23-9-15(8-17(23)24)18(25)20-19-22-21-16(28-19)12-27-11-14-6-4-3-5-7-14/h3-7,13,15H,8-12H2,1-2H3,(H,20,22,25)/t13-,15-/m0/s1. The molecule has 1 fully saturated rings. The normalized spacial score (nSPS) is 17.7. The summed E-state index contributed by atoms with van der Waals surface area (Å²) in [5.74, 6) is 1.08. The molecule has 0 spiro atoms. The fourth-order valence-electron chi connectivity index (χ4n) is 3.06. The zero-order valence-electron chi connectivity index (χ0n) is 16.0. The van der Waals surface area contributed by atoms with Crippen LogP contribution in [0.2, 0.25) is 0 Å². The van der Waals surface area contributed by atoms with Crippen molar-refractivity contribution < 1.29 is 14.3 Å². The highest BCUT2D eigenvalue weighted by molar-refractivity contribution is 7.97. The molecule has 2 amide bonds. The molecule has 0 aliphatic carbocycles. The van der Waals surface area contributed by atoms with Gasteiger partial charge in [0.2, 0.25) is 16.9 Å². The van der Waals surface area contributed by atoms with Gasteiger partial charge in [-0.3, -0.25) is 9.59 Å². The second-order valence-electron chi connectivity index (χ2n) is 6.72. The maximum atomic E-state index is 12.5. The second kappa shape index (κ2) is 9.99. The number of hydrogen-bond donors (Lipinski definition) is 1. The van der Waals surface area contributed by atoms with Crippen LogP contribution >= 0.6 is 23.1 Å². The van der Waals surface area contributed by atoms with Crippen LogP contribution < -0.4 is 5.32 Å². The minimum Gasteiger partial charge on any atom is -0.383 e. The molecule has 150 valence electrons. The Balaban J connectivity index is 1.47. The van der Waals surface area contributed by atoms with Crippen LogP contribution in [0.25, 0.3) is 0 Å². The van der Waals surface area contributed by atoms with E-state index in [0.717, 1.165) is 16.5 Å². The van der Waals surface area contributed by atoms with Crippen LogP contribution in [-0.2, 0) is 25.8 Å². The number of hydrogen-bond acceptors (Lipinski definition) is 7. The first kappa shape index (κ1) is 20.8. The topological polar surface area (TPSA) is 84.4 Å². The first-order valence-electron chi connectivity index (χ1n) is 9.10. The van der Waals surface area contributed by atoms with Gasteiger partial charge in [-0.25, -0.2) is 0 Å². The zero-order valence-corrected chi connectivity index (χ0v) is 17.6. The minimum absolute atomic E-state index is 0.0139. The lowest BCUT2D eigenvalue weighted by Crippen LogP contribution is -2.38. The number of likely N-dealkylation sites (tertiary alicyclic amines) is 1. The summed E-state index contributed by atoms with van der Waals surface area (Å²) >= 11 is 3.14. The van der Waals surface area contributed by atoms with E-state index in [4.69, 9.17) is 4.74 Å². The molecule has 0 radical (unpaired) electrons. The van der Waals surface area contributed by atoms with Crippen molar-refractivity contribution in [2.75, 3.05) is 25.6 Å². The summed E-state index contributed by atoms with van der Waals surface area (Å²) in [5.41, 5.74) is 1.27. The molecule has 1 aliphatic rings. The molecule has 2 atom stereocenters. The fraction of sp³-hybridized carbons (Fsp3) is 0.474. The molecule has 2 aromatic rings. The largest absolute Gasteiger partial charge is 0.383 e. The van der Waals surface area contributed by atoms with Crippen LogP contribution in [0.4, 0.5) is 5.13 Å². The van der Waals surface area contributed by atoms with E-state index < -0.39 is 0 Å². The first-order valence-corrected chi connectivity index (χ1v) is 11.1. The minimum atomic E-state index is -0.369. The lowest BCUT2D eigenvalue weighted by Gasteiger charge is -2.23. The average molecular weight is 421 g/mol. The number of nitrogens with one attached hydrogen (secondary N) is 1. The smallest absolute Gasteiger partial charge is 0.231 e. The fourth-order valence-corrected chi connectivity index (χ4v) is 4.85. The van der Waals surface area contributed by atoms with Crippen LogP contribution in [-0.4, -0.2) is 53.2 Å². The third kappa shape index (κ3) is 5.52. The van der Waals surface area contributed by atoms with Crippen molar-refractivity contribution in [3.05, 3.63) is 40.9 Å². The van der Waals surface area contributed by atoms with Crippen molar-refractivity contribution in [1.82, 2.24) is 15.1 Å². The van der Waals surface area contributed by atoms with Crippen molar-refractivity contribution >= 4 is 40.0 Å². The summed E-state index contributed by atoms with van der Waals surface area (Å²) in [5, 5.41) is 12.4. The Kier molecular flexibility index (Phi) is 7.41. The number of carbonyl (C=O) groups is 2. The van der Waals surface area contributed by atoms with Gasteiger partial charge in [-0.05, 0) is 12.5 Å². The molecule has 1 saturated heterocycles. The number of aromatic nitrogens is 2. The van der Waals surface area contributed by atoms with Gasteiger partial charge in [0.25, 0.3) is 0 Å². The second-order valence-corrected chi connectivity index (χ2v) is 8.77. The van der Waals surface area contributed by atoms with Gasteiger partial charge in [0, 0.05) is 31.6 Å². The highest BCUT2D eigenvalue weighted by Gasteiger charge is 2.36. The van der Waals surface area contributed by atoms with Crippen molar-refractivity contribution in [2.24, 2.45) is 5.92 Å². The van der Waals surface area contributed by atoms with Gasteiger partial charge >= 0.3 is 0 Å². The molecule has 2 heterocycles. The Labute approximate surface area is 172 Å². The summed E-state index contributed by atoms with van der Waals surface area (Å²) in [4.78, 5) is 26.4. The Hall–Kier alpha value is -1.97. The van der Waals surface area contributed by atoms with Crippen LogP contribution in [0.3, 0.4) is 0 Å². The highest BCUT2D eigenvalue weighted by atomic mass is 32.2. The Morgan fingerprint density at radius 2 is 2.14 bits per heavy atom. The third-order valence-corrected chi connectivity index (χ3v) is 6.54. The summed E-state index contributed by atoms with van der Waals surface area (Å²) in [6.07, 6.45) is 0.221. The number of nitrogens with zero attached hydrogens (tertiary/aromatic N) is 3. The quantitative estimate of drug-likeness (QED) is 0.672. The number of amides is 2. The van der Waals surface area contributed by atoms with E-state index in [1.54, 1.807) is 23.8 Å². The van der Waals surface area contributed by atoms with Crippen molar-refractivity contribution in [2.45, 2.75) is 30.9 Å². The van der Waals surface area contributed by atoms with Gasteiger partial charge in [-0.1, -0.05) is 41.7 Å². The molecule has 28 heavy (non-hydrogen) atoms. The van der Waals surface area contributed by atoms with Crippen molar-refractivity contribution in [3.63, 3.8) is 0 Å². The van der Waals surface area contributed by atoms with E-state index in [1.165, 1.54) is 16.9 Å². The zero-order chi connectivity index (χ0) is 19.9. The summed E-state index contributed by atoms with van der Waals surface area (Å²) < 4.78 is 5.11. The molecule has 0 unspecified atom stereocenters. The molecule has 0 bridgehead atoms. The lowest BCUT2D eigenvalue weighted by molar-refractivity contribution is -0.130. The monoisotopic (exact) mass is 420 g/mol. The predicted molar refractivity (Wildman–Crippen MR) is 111 cm³/mol. The number of rotatable bonds is 9. The predicted octanol–water partition coefficient (Wildman–Crippen LogP) is 2.79. The van der Waals surface area contributed by atoms with Crippen LogP contribution in [0.15, 0.2) is 30.3 Å². The summed E-state index contributed by atoms with van der Waals surface area (Å²) in [6.45, 7) is 2.79. The van der Waals surface area contributed by atoms with Crippen LogP contribution in [0.1, 0.15) is 23.9 Å². The Morgan fingerprint density at radius 3 is 2.89 bits per heavy atom. The Morgan fingerprint density at radius 1 is 1.36 bits per heavy atom. The number of ether oxygens (including phenoxy) is 1. The van der Waals surface area contributed by atoms with Crippen molar-refractivity contribution in [3.8, 4) is 0 Å². The first-order chi connectivity index (χ1) is 13.6. The lowest BCUT2D eigenvalue weighted by atomic mass is 10.1. The molecule has 1 aromatic heterocycles. The van der Waals surface area contributed by atoms with Gasteiger partial charge in [0.1, 0.15) is 5.01 Å². The average Bonchev–Trinajstić information content (AvgIpc) is 3.29. The number of anilines is 1. The highest BCUT2D eigenvalue weighted by Crippen LogP contribution is 2.25. The van der Waals surface area contributed by atoms with Crippen molar-refractivity contribution in [1.29, 1.82) is 0 Å². The Bertz CT molecular complexity index is 799. The number of methoxy groups -OCH3 is 1. The van der Waals surface area contributed by atoms with Crippen LogP contribution in [0.5, 0.6) is 0 Å². The van der Waals surface area contributed by atoms with Gasteiger partial charge in [0.05, 0.1) is 18.6 Å². The van der Waals surface area contributed by atoms with E-state index >= 15 is 0 Å². The molecule has 1 aromatic carbocycles. The van der Waals surface area contributed by atoms with Gasteiger partial charge in [0.15, 0.2) is 0 Å². The number of thioether (sulfide) groups is 1.